The van der Waals surface area contributed by atoms with Crippen LogP contribution in [0.25, 0.3) is 0 Å². The van der Waals surface area contributed by atoms with E-state index in [9.17, 15) is 4.79 Å². The average Bonchev–Trinajstić information content (AvgIpc) is 2.18. The van der Waals surface area contributed by atoms with Crippen molar-refractivity contribution in [3.63, 3.8) is 0 Å². The molecule has 1 aromatic rings. The predicted octanol–water partition coefficient (Wildman–Crippen LogP) is 1.91. The average molecular weight is 196 g/mol. The summed E-state index contributed by atoms with van der Waals surface area (Å²) in [5, 5.41) is 8.64. The summed E-state index contributed by atoms with van der Waals surface area (Å²) in [6.07, 6.45) is 0. The number of hydrogen-bond acceptors (Lipinski definition) is 3. The van der Waals surface area contributed by atoms with Crippen molar-refractivity contribution in [2.75, 3.05) is 6.07 Å². The molecule has 1 aromatic carbocycles. The topological polar surface area (TPSA) is 50.1 Å². The van der Waals surface area contributed by atoms with Crippen molar-refractivity contribution in [3.8, 4) is 6.07 Å². The predicted molar refractivity (Wildman–Crippen MR) is 47.3 cm³/mol. The summed E-state index contributed by atoms with van der Waals surface area (Å²) in [5.41, 5.74) is 0.531. The highest BCUT2D eigenvalue weighted by molar-refractivity contribution is 6.17. The van der Waals surface area contributed by atoms with Crippen LogP contribution in [0.5, 0.6) is 0 Å². The molecule has 0 fully saturated rings. The van der Waals surface area contributed by atoms with Gasteiger partial charge in [-0.25, -0.2) is 4.79 Å². The Morgan fingerprint density at radius 2 is 2.23 bits per heavy atom. The monoisotopic (exact) mass is 195 g/mol. The molecule has 0 aliphatic rings. The number of carbonyl (C=O) groups excluding carboxylic acids is 1. The van der Waals surface area contributed by atoms with Crippen LogP contribution in [-0.2, 0) is 4.74 Å². The zero-order chi connectivity index (χ0) is 9.68. The molecule has 1 rings (SSSR count). The van der Waals surface area contributed by atoms with Crippen LogP contribution in [0.3, 0.4) is 0 Å². The second-order valence-electron chi connectivity index (χ2n) is 2.20. The van der Waals surface area contributed by atoms with Crippen LogP contribution in [-0.4, -0.2) is 12.0 Å². The number of alkyl halides is 1. The van der Waals surface area contributed by atoms with Crippen LogP contribution >= 0.6 is 11.6 Å². The standard InChI is InChI=1S/C9H6ClNO2/c10-6-13-9(12)8-4-2-1-3-7(8)5-11/h1-4H,6H2. The fourth-order valence-corrected chi connectivity index (χ4v) is 0.985. The first-order chi connectivity index (χ1) is 6.29. The Morgan fingerprint density at radius 1 is 1.54 bits per heavy atom. The molecule has 0 aliphatic heterocycles. The Kier molecular flexibility index (Phi) is 3.30. The van der Waals surface area contributed by atoms with Crippen LogP contribution in [0.4, 0.5) is 0 Å². The van der Waals surface area contributed by atoms with E-state index in [-0.39, 0.29) is 17.2 Å². The van der Waals surface area contributed by atoms with Gasteiger partial charge in [0.15, 0.2) is 6.07 Å². The van der Waals surface area contributed by atoms with Crippen LogP contribution in [0.1, 0.15) is 15.9 Å². The number of benzene rings is 1. The number of carbonyl (C=O) groups is 1. The number of hydrogen-bond donors (Lipinski definition) is 0. The van der Waals surface area contributed by atoms with E-state index < -0.39 is 5.97 Å². The second-order valence-corrected chi connectivity index (χ2v) is 2.42. The number of nitrogens with zero attached hydrogens (tertiary/aromatic N) is 1. The molecule has 0 aliphatic carbocycles. The lowest BCUT2D eigenvalue weighted by Gasteiger charge is -2.01. The summed E-state index contributed by atoms with van der Waals surface area (Å²) < 4.78 is 4.55. The Bertz CT molecular complexity index is 357. The molecule has 0 atom stereocenters. The van der Waals surface area contributed by atoms with Gasteiger partial charge < -0.3 is 4.74 Å². The minimum atomic E-state index is -0.577. The fourth-order valence-electron chi connectivity index (χ4n) is 0.886. The van der Waals surface area contributed by atoms with Gasteiger partial charge in [0, 0.05) is 0 Å². The van der Waals surface area contributed by atoms with E-state index in [1.54, 1.807) is 18.2 Å². The molecule has 66 valence electrons. The van der Waals surface area contributed by atoms with Crippen molar-refractivity contribution in [2.45, 2.75) is 0 Å². The van der Waals surface area contributed by atoms with Crippen molar-refractivity contribution < 1.29 is 9.53 Å². The van der Waals surface area contributed by atoms with Gasteiger partial charge in [-0.1, -0.05) is 23.7 Å². The van der Waals surface area contributed by atoms with Gasteiger partial charge >= 0.3 is 5.97 Å². The van der Waals surface area contributed by atoms with Gasteiger partial charge in [-0.05, 0) is 12.1 Å². The lowest BCUT2D eigenvalue weighted by molar-refractivity contribution is 0.0574. The summed E-state index contributed by atoms with van der Waals surface area (Å²) in [6, 6.07) is 8.08. The highest BCUT2D eigenvalue weighted by Gasteiger charge is 2.10. The molecule has 0 saturated carbocycles. The quantitative estimate of drug-likeness (QED) is 0.535. The third-order valence-corrected chi connectivity index (χ3v) is 1.56. The van der Waals surface area contributed by atoms with E-state index in [4.69, 9.17) is 16.9 Å². The van der Waals surface area contributed by atoms with Gasteiger partial charge in [-0.3, -0.25) is 0 Å². The first-order valence-corrected chi connectivity index (χ1v) is 4.05. The summed E-state index contributed by atoms with van der Waals surface area (Å²) in [6.45, 7) is 0. The Labute approximate surface area is 80.5 Å². The lowest BCUT2D eigenvalue weighted by Crippen LogP contribution is -2.05. The minimum Gasteiger partial charge on any atom is -0.446 e. The summed E-state index contributed by atoms with van der Waals surface area (Å²) in [7, 11) is 0. The molecule has 13 heavy (non-hydrogen) atoms. The van der Waals surface area contributed by atoms with Crippen molar-refractivity contribution in [2.24, 2.45) is 0 Å². The fraction of sp³-hybridized carbons (Fsp3) is 0.111. The summed E-state index contributed by atoms with van der Waals surface area (Å²) in [5.74, 6) is -0.577. The molecule has 4 heteroatoms. The smallest absolute Gasteiger partial charge is 0.340 e. The molecule has 0 spiro atoms. The zero-order valence-electron chi connectivity index (χ0n) is 6.66. The van der Waals surface area contributed by atoms with Crippen molar-refractivity contribution >= 4 is 17.6 Å². The maximum atomic E-state index is 11.2. The lowest BCUT2D eigenvalue weighted by atomic mass is 10.1. The number of esters is 1. The number of ether oxygens (including phenoxy) is 1. The maximum Gasteiger partial charge on any atom is 0.340 e. The van der Waals surface area contributed by atoms with Crippen molar-refractivity contribution in [1.29, 1.82) is 5.26 Å². The summed E-state index contributed by atoms with van der Waals surface area (Å²) >= 11 is 5.22. The molecular weight excluding hydrogens is 190 g/mol. The van der Waals surface area contributed by atoms with E-state index in [1.165, 1.54) is 6.07 Å². The van der Waals surface area contributed by atoms with E-state index in [0.29, 0.717) is 0 Å². The molecule has 0 amide bonds. The van der Waals surface area contributed by atoms with E-state index in [1.807, 2.05) is 6.07 Å². The third-order valence-electron chi connectivity index (χ3n) is 1.45. The minimum absolute atomic E-state index is 0.210. The molecule has 0 N–H and O–H groups in total. The van der Waals surface area contributed by atoms with Gasteiger partial charge in [0.1, 0.15) is 6.07 Å². The van der Waals surface area contributed by atoms with E-state index in [0.717, 1.165) is 0 Å². The second kappa shape index (κ2) is 4.48. The Hall–Kier alpha value is -1.53. The van der Waals surface area contributed by atoms with Gasteiger partial charge in [0.2, 0.25) is 0 Å². The van der Waals surface area contributed by atoms with Crippen LogP contribution < -0.4 is 0 Å². The summed E-state index contributed by atoms with van der Waals surface area (Å²) in [4.78, 5) is 11.2. The first-order valence-electron chi connectivity index (χ1n) is 3.52. The molecule has 0 radical (unpaired) electrons. The van der Waals surface area contributed by atoms with Crippen LogP contribution in [0.15, 0.2) is 24.3 Å². The molecule has 0 heterocycles. The Balaban J connectivity index is 3.01. The highest BCUT2D eigenvalue weighted by Crippen LogP contribution is 2.08. The maximum absolute atomic E-state index is 11.2. The van der Waals surface area contributed by atoms with Crippen molar-refractivity contribution in [1.82, 2.24) is 0 Å². The van der Waals surface area contributed by atoms with E-state index in [2.05, 4.69) is 4.74 Å². The molecular formula is C9H6ClNO2. The number of nitriles is 1. The van der Waals surface area contributed by atoms with Gasteiger partial charge in [-0.2, -0.15) is 5.26 Å². The van der Waals surface area contributed by atoms with E-state index >= 15 is 0 Å². The largest absolute Gasteiger partial charge is 0.446 e. The Morgan fingerprint density at radius 3 is 2.85 bits per heavy atom. The van der Waals surface area contributed by atoms with Gasteiger partial charge in [0.05, 0.1) is 11.1 Å². The molecule has 3 nitrogen and oxygen atoms in total. The number of halogens is 1. The molecule has 0 aromatic heterocycles. The highest BCUT2D eigenvalue weighted by atomic mass is 35.5. The normalized spacial score (nSPS) is 8.92. The molecule has 0 bridgehead atoms. The third kappa shape index (κ3) is 2.20. The molecule has 0 unspecified atom stereocenters. The zero-order valence-corrected chi connectivity index (χ0v) is 7.41. The first kappa shape index (κ1) is 9.56. The van der Waals surface area contributed by atoms with Gasteiger partial charge in [0.25, 0.3) is 0 Å². The SMILES string of the molecule is N#Cc1ccccc1C(=O)OCCl. The molecule has 0 saturated heterocycles. The number of rotatable bonds is 2. The van der Waals surface area contributed by atoms with Gasteiger partial charge in [-0.15, -0.1) is 0 Å². The van der Waals surface area contributed by atoms with Crippen LogP contribution in [0, 0.1) is 11.3 Å². The van der Waals surface area contributed by atoms with Crippen molar-refractivity contribution in [3.05, 3.63) is 35.4 Å². The van der Waals surface area contributed by atoms with Crippen LogP contribution in [0.2, 0.25) is 0 Å².